The van der Waals surface area contributed by atoms with Gasteiger partial charge in [0.15, 0.2) is 5.76 Å². The average molecular weight is 285 g/mol. The summed E-state index contributed by atoms with van der Waals surface area (Å²) in [7, 11) is 0. The maximum atomic E-state index is 12.6. The monoisotopic (exact) mass is 285 g/mol. The smallest absolute Gasteiger partial charge is 0.289 e. The van der Waals surface area contributed by atoms with Crippen molar-refractivity contribution in [1.82, 2.24) is 9.80 Å². The fourth-order valence-electron chi connectivity index (χ4n) is 3.50. The van der Waals surface area contributed by atoms with Crippen LogP contribution in [0, 0.1) is 0 Å². The summed E-state index contributed by atoms with van der Waals surface area (Å²) in [6.45, 7) is 3.76. The van der Waals surface area contributed by atoms with Gasteiger partial charge in [0.25, 0.3) is 5.91 Å². The van der Waals surface area contributed by atoms with E-state index in [1.807, 2.05) is 17.0 Å². The van der Waals surface area contributed by atoms with E-state index in [9.17, 15) is 4.79 Å². The lowest BCUT2D eigenvalue weighted by molar-refractivity contribution is 0.0544. The first kappa shape index (κ1) is 12.7. The van der Waals surface area contributed by atoms with Crippen molar-refractivity contribution < 1.29 is 9.21 Å². The Labute approximate surface area is 123 Å². The molecule has 3 heterocycles. The lowest BCUT2D eigenvalue weighted by atomic mass is 10.1. The molecule has 2 N–H and O–H groups in total. The highest BCUT2D eigenvalue weighted by Crippen LogP contribution is 2.25. The van der Waals surface area contributed by atoms with Crippen LogP contribution in [0.15, 0.2) is 28.7 Å². The van der Waals surface area contributed by atoms with Crippen molar-refractivity contribution in [2.24, 2.45) is 0 Å². The van der Waals surface area contributed by atoms with Crippen LogP contribution in [0.1, 0.15) is 23.4 Å². The lowest BCUT2D eigenvalue weighted by Crippen LogP contribution is -2.51. The van der Waals surface area contributed by atoms with Gasteiger partial charge >= 0.3 is 0 Å². The fraction of sp³-hybridized carbons (Fsp3) is 0.438. The van der Waals surface area contributed by atoms with E-state index in [1.165, 1.54) is 19.4 Å². The summed E-state index contributed by atoms with van der Waals surface area (Å²) in [6, 6.07) is 7.77. The molecule has 0 spiro atoms. The highest BCUT2D eigenvalue weighted by Gasteiger charge is 2.33. The maximum Gasteiger partial charge on any atom is 0.289 e. The van der Waals surface area contributed by atoms with Crippen LogP contribution < -0.4 is 5.73 Å². The van der Waals surface area contributed by atoms with Gasteiger partial charge in [-0.2, -0.15) is 0 Å². The van der Waals surface area contributed by atoms with E-state index < -0.39 is 0 Å². The SMILES string of the molecule is Nc1ccc2oc(C(=O)N3CCN4CCCC4C3)cc2c1. The Bertz CT molecular complexity index is 694. The molecule has 0 aliphatic carbocycles. The Morgan fingerprint density at radius 2 is 2.14 bits per heavy atom. The van der Waals surface area contributed by atoms with Gasteiger partial charge in [0.1, 0.15) is 5.58 Å². The number of furan rings is 1. The van der Waals surface area contributed by atoms with Crippen LogP contribution in [0.2, 0.25) is 0 Å². The zero-order valence-corrected chi connectivity index (χ0v) is 11.9. The number of amides is 1. The van der Waals surface area contributed by atoms with E-state index in [-0.39, 0.29) is 5.91 Å². The largest absolute Gasteiger partial charge is 0.451 e. The fourth-order valence-corrected chi connectivity index (χ4v) is 3.50. The first-order chi connectivity index (χ1) is 10.2. The van der Waals surface area contributed by atoms with Crippen molar-refractivity contribution >= 4 is 22.6 Å². The van der Waals surface area contributed by atoms with Gasteiger partial charge in [-0.3, -0.25) is 9.69 Å². The number of benzene rings is 1. The van der Waals surface area contributed by atoms with Crippen molar-refractivity contribution in [2.75, 3.05) is 31.9 Å². The van der Waals surface area contributed by atoms with Crippen molar-refractivity contribution in [2.45, 2.75) is 18.9 Å². The Balaban J connectivity index is 1.58. The first-order valence-electron chi connectivity index (χ1n) is 7.53. The number of anilines is 1. The quantitative estimate of drug-likeness (QED) is 0.813. The molecule has 2 aromatic rings. The third kappa shape index (κ3) is 2.17. The molecule has 1 amide bonds. The van der Waals surface area contributed by atoms with Crippen LogP contribution in [0.3, 0.4) is 0 Å². The van der Waals surface area contributed by atoms with Crippen LogP contribution in [0.5, 0.6) is 0 Å². The van der Waals surface area contributed by atoms with Crippen molar-refractivity contribution in [3.63, 3.8) is 0 Å². The number of nitrogens with zero attached hydrogens (tertiary/aromatic N) is 2. The van der Waals surface area contributed by atoms with Crippen LogP contribution in [-0.2, 0) is 0 Å². The first-order valence-corrected chi connectivity index (χ1v) is 7.53. The summed E-state index contributed by atoms with van der Waals surface area (Å²) in [6.07, 6.45) is 2.44. The third-order valence-corrected chi connectivity index (χ3v) is 4.63. The normalized spacial score (nSPS) is 22.7. The number of nitrogens with two attached hydrogens (primary N) is 1. The summed E-state index contributed by atoms with van der Waals surface area (Å²) in [4.78, 5) is 17.0. The number of hydrogen-bond donors (Lipinski definition) is 1. The molecule has 2 aliphatic heterocycles. The summed E-state index contributed by atoms with van der Waals surface area (Å²) >= 11 is 0. The molecular formula is C16H19N3O2. The van der Waals surface area contributed by atoms with Crippen molar-refractivity contribution in [3.05, 3.63) is 30.0 Å². The number of piperazine rings is 1. The molecule has 5 nitrogen and oxygen atoms in total. The molecular weight excluding hydrogens is 266 g/mol. The number of rotatable bonds is 1. The molecule has 110 valence electrons. The second-order valence-electron chi connectivity index (χ2n) is 5.99. The van der Waals surface area contributed by atoms with E-state index in [4.69, 9.17) is 10.2 Å². The van der Waals surface area contributed by atoms with Crippen LogP contribution in [-0.4, -0.2) is 47.9 Å². The summed E-state index contributed by atoms with van der Waals surface area (Å²) < 4.78 is 5.69. The van der Waals surface area contributed by atoms with Gasteiger partial charge in [-0.05, 0) is 43.7 Å². The molecule has 2 saturated heterocycles. The van der Waals surface area contributed by atoms with E-state index >= 15 is 0 Å². The van der Waals surface area contributed by atoms with Crippen molar-refractivity contribution in [1.29, 1.82) is 0 Å². The molecule has 1 aromatic heterocycles. The number of carbonyl (C=O) groups excluding carboxylic acids is 1. The maximum absolute atomic E-state index is 12.6. The molecule has 1 unspecified atom stereocenters. The minimum atomic E-state index is -0.00341. The molecule has 4 rings (SSSR count). The highest BCUT2D eigenvalue weighted by atomic mass is 16.3. The van der Waals surface area contributed by atoms with Gasteiger partial charge in [0.05, 0.1) is 0 Å². The third-order valence-electron chi connectivity index (χ3n) is 4.63. The topological polar surface area (TPSA) is 62.7 Å². The predicted molar refractivity (Wildman–Crippen MR) is 81.1 cm³/mol. The predicted octanol–water partition coefficient (Wildman–Crippen LogP) is 1.94. The standard InChI is InChI=1S/C16H19N3O2/c17-12-3-4-14-11(8-12)9-15(21-14)16(20)19-7-6-18-5-1-2-13(18)10-19/h3-4,8-9,13H,1-2,5-7,10,17H2. The molecule has 1 atom stereocenters. The number of fused-ring (bicyclic) bond motifs is 2. The summed E-state index contributed by atoms with van der Waals surface area (Å²) in [5.41, 5.74) is 7.17. The van der Waals surface area contributed by atoms with Gasteiger partial charge in [-0.25, -0.2) is 0 Å². The number of hydrogen-bond acceptors (Lipinski definition) is 4. The zero-order valence-electron chi connectivity index (χ0n) is 11.9. The molecule has 0 radical (unpaired) electrons. The van der Waals surface area contributed by atoms with E-state index in [2.05, 4.69) is 4.90 Å². The Morgan fingerprint density at radius 3 is 3.05 bits per heavy atom. The number of carbonyl (C=O) groups is 1. The average Bonchev–Trinajstić information content (AvgIpc) is 3.11. The van der Waals surface area contributed by atoms with Gasteiger partial charge in [-0.1, -0.05) is 0 Å². The Morgan fingerprint density at radius 1 is 1.24 bits per heavy atom. The van der Waals surface area contributed by atoms with Crippen LogP contribution in [0.25, 0.3) is 11.0 Å². The molecule has 0 bridgehead atoms. The Kier molecular flexibility index (Phi) is 2.89. The highest BCUT2D eigenvalue weighted by molar-refractivity contribution is 5.96. The zero-order chi connectivity index (χ0) is 14.4. The number of nitrogen functional groups attached to an aromatic ring is 1. The Hall–Kier alpha value is -2.01. The van der Waals surface area contributed by atoms with Gasteiger partial charge in [-0.15, -0.1) is 0 Å². The second kappa shape index (κ2) is 4.77. The van der Waals surface area contributed by atoms with E-state index in [1.54, 1.807) is 12.1 Å². The van der Waals surface area contributed by atoms with Crippen molar-refractivity contribution in [3.8, 4) is 0 Å². The minimum absolute atomic E-state index is 0.00341. The van der Waals surface area contributed by atoms with E-state index in [0.717, 1.165) is 25.0 Å². The van der Waals surface area contributed by atoms with E-state index in [0.29, 0.717) is 23.1 Å². The summed E-state index contributed by atoms with van der Waals surface area (Å²) in [5.74, 6) is 0.415. The van der Waals surface area contributed by atoms with Crippen LogP contribution in [0.4, 0.5) is 5.69 Å². The van der Waals surface area contributed by atoms with Crippen LogP contribution >= 0.6 is 0 Å². The molecule has 1 aromatic carbocycles. The molecule has 0 saturated carbocycles. The molecule has 2 aliphatic rings. The lowest BCUT2D eigenvalue weighted by Gasteiger charge is -2.37. The summed E-state index contributed by atoms with van der Waals surface area (Å²) in [5, 5.41) is 0.887. The van der Waals surface area contributed by atoms with Gasteiger partial charge in [0, 0.05) is 36.7 Å². The van der Waals surface area contributed by atoms with Gasteiger partial charge < -0.3 is 15.1 Å². The minimum Gasteiger partial charge on any atom is -0.451 e. The molecule has 2 fully saturated rings. The molecule has 5 heteroatoms. The van der Waals surface area contributed by atoms with Gasteiger partial charge in [0.2, 0.25) is 0 Å². The molecule has 21 heavy (non-hydrogen) atoms. The second-order valence-corrected chi connectivity index (χ2v) is 5.99.